The fourth-order valence-electron chi connectivity index (χ4n) is 1.56. The summed E-state index contributed by atoms with van der Waals surface area (Å²) in [7, 11) is 0. The minimum absolute atomic E-state index is 0.0745. The quantitative estimate of drug-likeness (QED) is 0.402. The van der Waals surface area contributed by atoms with Gasteiger partial charge in [-0.2, -0.15) is 0 Å². The second-order valence-electron chi connectivity index (χ2n) is 4.86. The second-order valence-corrected chi connectivity index (χ2v) is 4.86. The zero-order valence-electron chi connectivity index (χ0n) is 13.0. The van der Waals surface area contributed by atoms with Crippen LogP contribution in [0.2, 0.25) is 0 Å². The number of epoxide rings is 1. The minimum atomic E-state index is -0.902. The Morgan fingerprint density at radius 3 is 2.48 bits per heavy atom. The lowest BCUT2D eigenvalue weighted by molar-refractivity contribution is -0.143. The molecule has 1 rings (SSSR count). The first-order valence-electron chi connectivity index (χ1n) is 7.30. The first-order valence-corrected chi connectivity index (χ1v) is 7.30. The van der Waals surface area contributed by atoms with Crippen LogP contribution in [0.4, 0.5) is 0 Å². The average molecular weight is 298 g/mol. The van der Waals surface area contributed by atoms with Crippen molar-refractivity contribution in [1.29, 1.82) is 0 Å². The van der Waals surface area contributed by atoms with Crippen LogP contribution in [-0.4, -0.2) is 35.9 Å². The van der Waals surface area contributed by atoms with Crippen molar-refractivity contribution in [2.75, 3.05) is 6.61 Å². The van der Waals surface area contributed by atoms with Crippen molar-refractivity contribution >= 4 is 11.9 Å². The topological polar surface area (TPSA) is 76.1 Å². The van der Waals surface area contributed by atoms with Gasteiger partial charge in [0.1, 0.15) is 6.10 Å². The Bertz CT molecular complexity index is 358. The van der Waals surface area contributed by atoms with Crippen molar-refractivity contribution in [2.45, 2.75) is 58.2 Å². The van der Waals surface area contributed by atoms with Gasteiger partial charge >= 0.3 is 11.9 Å². The van der Waals surface area contributed by atoms with Gasteiger partial charge in [-0.1, -0.05) is 33.4 Å². The molecule has 1 aliphatic rings. The summed E-state index contributed by atoms with van der Waals surface area (Å²) in [4.78, 5) is 20.9. The third-order valence-corrected chi connectivity index (χ3v) is 2.99. The molecule has 1 fully saturated rings. The summed E-state index contributed by atoms with van der Waals surface area (Å²) in [6, 6.07) is 0. The molecular formula is C16H26O5. The van der Waals surface area contributed by atoms with E-state index in [1.54, 1.807) is 0 Å². The smallest absolute Gasteiger partial charge is 0.330 e. The van der Waals surface area contributed by atoms with Crippen LogP contribution in [0.25, 0.3) is 0 Å². The number of carboxylic acid groups (broad SMARTS) is 1. The molecule has 0 bridgehead atoms. The van der Waals surface area contributed by atoms with Crippen molar-refractivity contribution in [3.8, 4) is 0 Å². The molecule has 0 spiro atoms. The molecule has 2 atom stereocenters. The molecule has 0 aromatic carbocycles. The normalized spacial score (nSPS) is 17.0. The summed E-state index contributed by atoms with van der Waals surface area (Å²) >= 11 is 0. The fourth-order valence-corrected chi connectivity index (χ4v) is 1.56. The molecule has 0 radical (unpaired) electrons. The molecule has 0 amide bonds. The summed E-state index contributed by atoms with van der Waals surface area (Å²) in [6.45, 7) is 11.6. The third-order valence-electron chi connectivity index (χ3n) is 2.99. The first-order chi connectivity index (χ1) is 9.94. The number of carboxylic acids is 1. The van der Waals surface area contributed by atoms with E-state index in [2.05, 4.69) is 20.1 Å². The van der Waals surface area contributed by atoms with Crippen LogP contribution < -0.4 is 0 Å². The van der Waals surface area contributed by atoms with Gasteiger partial charge in [0.15, 0.2) is 0 Å². The fraction of sp³-hybridized carbons (Fsp3) is 0.625. The van der Waals surface area contributed by atoms with Crippen molar-refractivity contribution < 1.29 is 24.2 Å². The maximum atomic E-state index is 10.7. The Morgan fingerprint density at radius 2 is 2.10 bits per heavy atom. The molecule has 2 unspecified atom stereocenters. The van der Waals surface area contributed by atoms with Crippen LogP contribution in [0.3, 0.4) is 0 Å². The summed E-state index contributed by atoms with van der Waals surface area (Å²) < 4.78 is 9.94. The molecule has 1 aliphatic heterocycles. The van der Waals surface area contributed by atoms with Crippen molar-refractivity contribution in [3.05, 3.63) is 24.8 Å². The van der Waals surface area contributed by atoms with Crippen LogP contribution in [0.5, 0.6) is 0 Å². The highest BCUT2D eigenvalue weighted by Crippen LogP contribution is 2.17. The standard InChI is InChI=1S/C9H16O2.C7H10O3/c1-4-7-8(5-2)11-9(10)6-3;1-5(7(8)9)2-3-6-4-10-6/h6,8H,3-5,7H2,1-2H3;6H,1-4H2,(H,8,9). The number of ether oxygens (including phenoxy) is 2. The number of carbonyl (C=O) groups is 2. The van der Waals surface area contributed by atoms with E-state index in [-0.39, 0.29) is 17.6 Å². The van der Waals surface area contributed by atoms with Crippen molar-refractivity contribution in [3.63, 3.8) is 0 Å². The van der Waals surface area contributed by atoms with Gasteiger partial charge < -0.3 is 14.6 Å². The largest absolute Gasteiger partial charge is 0.478 e. The van der Waals surface area contributed by atoms with Gasteiger partial charge in [-0.05, 0) is 25.7 Å². The number of aliphatic carboxylic acids is 1. The molecule has 0 aliphatic carbocycles. The predicted octanol–water partition coefficient (Wildman–Crippen LogP) is 3.10. The van der Waals surface area contributed by atoms with E-state index in [1.165, 1.54) is 6.08 Å². The van der Waals surface area contributed by atoms with Gasteiger partial charge in [-0.25, -0.2) is 9.59 Å². The van der Waals surface area contributed by atoms with E-state index in [9.17, 15) is 9.59 Å². The Kier molecular flexibility index (Phi) is 10.2. The second kappa shape index (κ2) is 11.1. The van der Waals surface area contributed by atoms with Crippen LogP contribution in [0, 0.1) is 0 Å². The lowest BCUT2D eigenvalue weighted by Crippen LogP contribution is -2.15. The van der Waals surface area contributed by atoms with E-state index in [4.69, 9.17) is 14.6 Å². The maximum Gasteiger partial charge on any atom is 0.330 e. The van der Waals surface area contributed by atoms with Crippen molar-refractivity contribution in [2.24, 2.45) is 0 Å². The molecule has 21 heavy (non-hydrogen) atoms. The Labute approximate surface area is 126 Å². The molecule has 1 heterocycles. The molecule has 5 nitrogen and oxygen atoms in total. The van der Waals surface area contributed by atoms with Crippen LogP contribution in [-0.2, 0) is 19.1 Å². The van der Waals surface area contributed by atoms with Crippen molar-refractivity contribution in [1.82, 2.24) is 0 Å². The van der Waals surface area contributed by atoms with Gasteiger partial charge in [-0.3, -0.25) is 0 Å². The molecule has 5 heteroatoms. The summed E-state index contributed by atoms with van der Waals surface area (Å²) in [6.07, 6.45) is 5.79. The maximum absolute atomic E-state index is 10.7. The number of esters is 1. The van der Waals surface area contributed by atoms with Crippen LogP contribution in [0.15, 0.2) is 24.8 Å². The third kappa shape index (κ3) is 10.8. The Hall–Kier alpha value is -1.62. The van der Waals surface area contributed by atoms with Crippen LogP contribution in [0.1, 0.15) is 46.0 Å². The number of rotatable bonds is 9. The van der Waals surface area contributed by atoms with E-state index >= 15 is 0 Å². The molecular weight excluding hydrogens is 272 g/mol. The summed E-state index contributed by atoms with van der Waals surface area (Å²) in [5, 5.41) is 8.37. The highest BCUT2D eigenvalue weighted by Gasteiger charge is 2.22. The average Bonchev–Trinajstić information content (AvgIpc) is 3.28. The first kappa shape index (κ1) is 19.4. The van der Waals surface area contributed by atoms with Gasteiger partial charge in [-0.15, -0.1) is 0 Å². The Morgan fingerprint density at radius 1 is 1.48 bits per heavy atom. The summed E-state index contributed by atoms with van der Waals surface area (Å²) in [5.74, 6) is -1.22. The molecule has 120 valence electrons. The van der Waals surface area contributed by atoms with E-state index < -0.39 is 5.97 Å². The molecule has 0 aromatic rings. The molecule has 1 N–H and O–H groups in total. The van der Waals surface area contributed by atoms with Gasteiger partial charge in [0.05, 0.1) is 12.7 Å². The van der Waals surface area contributed by atoms with Crippen LogP contribution >= 0.6 is 0 Å². The molecule has 1 saturated heterocycles. The zero-order chi connectivity index (χ0) is 16.3. The van der Waals surface area contributed by atoms with Gasteiger partial charge in [0.25, 0.3) is 0 Å². The van der Waals surface area contributed by atoms with E-state index in [0.717, 1.165) is 32.3 Å². The SMILES string of the molecule is C=C(CCC1CO1)C(=O)O.C=CC(=O)OC(CC)CCC. The van der Waals surface area contributed by atoms with Gasteiger partial charge in [0.2, 0.25) is 0 Å². The lowest BCUT2D eigenvalue weighted by Gasteiger charge is -2.13. The molecule has 0 saturated carbocycles. The Balaban J connectivity index is 0.000000382. The van der Waals surface area contributed by atoms with Gasteiger partial charge in [0, 0.05) is 11.6 Å². The highest BCUT2D eigenvalue weighted by atomic mass is 16.6. The summed E-state index contributed by atoms with van der Waals surface area (Å²) in [5.41, 5.74) is 0.274. The van der Waals surface area contributed by atoms with E-state index in [0.29, 0.717) is 12.5 Å². The number of hydrogen-bond acceptors (Lipinski definition) is 4. The number of carbonyl (C=O) groups excluding carboxylic acids is 1. The lowest BCUT2D eigenvalue weighted by atomic mass is 10.1. The monoisotopic (exact) mass is 298 g/mol. The highest BCUT2D eigenvalue weighted by molar-refractivity contribution is 5.85. The van der Waals surface area contributed by atoms with E-state index in [1.807, 2.05) is 6.92 Å². The zero-order valence-corrected chi connectivity index (χ0v) is 13.0. The molecule has 0 aromatic heterocycles. The predicted molar refractivity (Wildman–Crippen MR) is 81.0 cm³/mol. The number of hydrogen-bond donors (Lipinski definition) is 1. The minimum Gasteiger partial charge on any atom is -0.478 e.